The SMILES string of the molecule is CC.O=c1[nH]c(C2CCCCC2)c(Cc2cccc(F)c2F)c(=O)[nH]1.c1ccccc1. The highest BCUT2D eigenvalue weighted by atomic mass is 19.2. The third-order valence-corrected chi connectivity index (χ3v) is 5.15. The molecular formula is C25H30F2N2O2. The Kier molecular flexibility index (Phi) is 9.88. The molecule has 1 aromatic heterocycles. The Balaban J connectivity index is 0.000000363. The summed E-state index contributed by atoms with van der Waals surface area (Å²) in [6.45, 7) is 4.00. The van der Waals surface area contributed by atoms with Crippen LogP contribution < -0.4 is 11.2 Å². The number of hydrogen-bond acceptors (Lipinski definition) is 2. The van der Waals surface area contributed by atoms with Crippen molar-refractivity contribution in [2.45, 2.75) is 58.3 Å². The van der Waals surface area contributed by atoms with Crippen LogP contribution in [-0.4, -0.2) is 9.97 Å². The van der Waals surface area contributed by atoms with Crippen LogP contribution in [0.25, 0.3) is 0 Å². The molecule has 0 unspecified atom stereocenters. The zero-order valence-electron chi connectivity index (χ0n) is 18.1. The van der Waals surface area contributed by atoms with E-state index in [2.05, 4.69) is 9.97 Å². The molecule has 2 aromatic carbocycles. The summed E-state index contributed by atoms with van der Waals surface area (Å²) in [5, 5.41) is 0. The average molecular weight is 429 g/mol. The molecule has 6 heteroatoms. The van der Waals surface area contributed by atoms with Crippen molar-refractivity contribution in [3.63, 3.8) is 0 Å². The Morgan fingerprint density at radius 2 is 1.42 bits per heavy atom. The van der Waals surface area contributed by atoms with E-state index in [1.807, 2.05) is 50.2 Å². The summed E-state index contributed by atoms with van der Waals surface area (Å²) in [6, 6.07) is 15.9. The molecule has 0 bridgehead atoms. The van der Waals surface area contributed by atoms with Gasteiger partial charge in [-0.25, -0.2) is 13.6 Å². The molecule has 1 saturated carbocycles. The molecule has 1 aliphatic carbocycles. The molecule has 4 nitrogen and oxygen atoms in total. The first kappa shape index (κ1) is 24.3. The van der Waals surface area contributed by atoms with Gasteiger partial charge < -0.3 is 4.98 Å². The Labute approximate surface area is 181 Å². The fourth-order valence-corrected chi connectivity index (χ4v) is 3.71. The third-order valence-electron chi connectivity index (χ3n) is 5.15. The van der Waals surface area contributed by atoms with E-state index in [-0.39, 0.29) is 17.9 Å². The maximum Gasteiger partial charge on any atom is 0.325 e. The van der Waals surface area contributed by atoms with Crippen LogP contribution in [0, 0.1) is 11.6 Å². The number of nitrogens with one attached hydrogen (secondary N) is 2. The smallest absolute Gasteiger partial charge is 0.311 e. The molecule has 166 valence electrons. The molecule has 0 atom stereocenters. The number of aromatic amines is 2. The van der Waals surface area contributed by atoms with Crippen LogP contribution in [0.15, 0.2) is 64.2 Å². The van der Waals surface area contributed by atoms with Gasteiger partial charge in [0.25, 0.3) is 5.56 Å². The minimum Gasteiger partial charge on any atom is -0.311 e. The van der Waals surface area contributed by atoms with E-state index in [1.54, 1.807) is 0 Å². The maximum absolute atomic E-state index is 13.9. The van der Waals surface area contributed by atoms with Gasteiger partial charge in [0.2, 0.25) is 0 Å². The minimum atomic E-state index is -0.951. The predicted molar refractivity (Wildman–Crippen MR) is 120 cm³/mol. The first-order chi connectivity index (χ1) is 15.1. The van der Waals surface area contributed by atoms with Crippen molar-refractivity contribution >= 4 is 0 Å². The van der Waals surface area contributed by atoms with Crippen molar-refractivity contribution in [3.8, 4) is 0 Å². The minimum absolute atomic E-state index is 0.0401. The van der Waals surface area contributed by atoms with Crippen molar-refractivity contribution in [3.05, 3.63) is 104 Å². The topological polar surface area (TPSA) is 65.7 Å². The summed E-state index contributed by atoms with van der Waals surface area (Å²) < 4.78 is 27.3. The van der Waals surface area contributed by atoms with E-state index in [1.165, 1.54) is 12.1 Å². The monoisotopic (exact) mass is 428 g/mol. The highest BCUT2D eigenvalue weighted by molar-refractivity contribution is 5.30. The average Bonchev–Trinajstić information content (AvgIpc) is 2.82. The molecule has 0 saturated heterocycles. The normalized spacial score (nSPS) is 13.4. The highest BCUT2D eigenvalue weighted by Crippen LogP contribution is 2.32. The lowest BCUT2D eigenvalue weighted by molar-refractivity contribution is 0.432. The molecule has 1 heterocycles. The Bertz CT molecular complexity index is 1010. The van der Waals surface area contributed by atoms with E-state index in [0.717, 1.165) is 38.2 Å². The van der Waals surface area contributed by atoms with Crippen LogP contribution in [0.5, 0.6) is 0 Å². The molecule has 1 fully saturated rings. The zero-order valence-corrected chi connectivity index (χ0v) is 18.1. The van der Waals surface area contributed by atoms with Crippen molar-refractivity contribution in [2.75, 3.05) is 0 Å². The number of benzene rings is 2. The van der Waals surface area contributed by atoms with Gasteiger partial charge in [0.15, 0.2) is 11.6 Å². The Morgan fingerprint density at radius 3 is 2.00 bits per heavy atom. The van der Waals surface area contributed by atoms with Crippen molar-refractivity contribution in [1.82, 2.24) is 9.97 Å². The number of hydrogen-bond donors (Lipinski definition) is 2. The molecule has 0 spiro atoms. The summed E-state index contributed by atoms with van der Waals surface area (Å²) in [4.78, 5) is 28.7. The summed E-state index contributed by atoms with van der Waals surface area (Å²) in [6.07, 6.45) is 4.94. The molecule has 3 aromatic rings. The zero-order chi connectivity index (χ0) is 22.6. The fourth-order valence-electron chi connectivity index (χ4n) is 3.71. The number of H-pyrrole nitrogens is 2. The predicted octanol–water partition coefficient (Wildman–Crippen LogP) is 5.69. The lowest BCUT2D eigenvalue weighted by atomic mass is 9.84. The second-order valence-corrected chi connectivity index (χ2v) is 7.18. The maximum atomic E-state index is 13.9. The van der Waals surface area contributed by atoms with E-state index in [0.29, 0.717) is 11.3 Å². The highest BCUT2D eigenvalue weighted by Gasteiger charge is 2.22. The van der Waals surface area contributed by atoms with Gasteiger partial charge in [-0.1, -0.05) is 81.6 Å². The van der Waals surface area contributed by atoms with E-state index < -0.39 is 22.9 Å². The lowest BCUT2D eigenvalue weighted by Gasteiger charge is -2.23. The first-order valence-electron chi connectivity index (χ1n) is 10.8. The molecule has 0 amide bonds. The molecular weight excluding hydrogens is 398 g/mol. The van der Waals surface area contributed by atoms with Crippen molar-refractivity contribution in [1.29, 1.82) is 0 Å². The summed E-state index contributed by atoms with van der Waals surface area (Å²) in [7, 11) is 0. The number of halogens is 2. The van der Waals surface area contributed by atoms with Gasteiger partial charge in [0.05, 0.1) is 0 Å². The van der Waals surface area contributed by atoms with Gasteiger partial charge in [0, 0.05) is 17.7 Å². The second-order valence-electron chi connectivity index (χ2n) is 7.18. The van der Waals surface area contributed by atoms with Gasteiger partial charge in [-0.2, -0.15) is 0 Å². The van der Waals surface area contributed by atoms with Gasteiger partial charge in [-0.3, -0.25) is 9.78 Å². The van der Waals surface area contributed by atoms with Crippen LogP contribution in [0.2, 0.25) is 0 Å². The summed E-state index contributed by atoms with van der Waals surface area (Å²) in [5.74, 6) is -1.80. The molecule has 31 heavy (non-hydrogen) atoms. The second kappa shape index (κ2) is 12.6. The summed E-state index contributed by atoms with van der Waals surface area (Å²) in [5.41, 5.74) is -0.0836. The van der Waals surface area contributed by atoms with Crippen LogP contribution >= 0.6 is 0 Å². The van der Waals surface area contributed by atoms with E-state index >= 15 is 0 Å². The Morgan fingerprint density at radius 1 is 0.839 bits per heavy atom. The number of rotatable bonds is 3. The number of aromatic nitrogens is 2. The van der Waals surface area contributed by atoms with Crippen LogP contribution in [0.3, 0.4) is 0 Å². The molecule has 4 rings (SSSR count). The summed E-state index contributed by atoms with van der Waals surface area (Å²) >= 11 is 0. The molecule has 0 radical (unpaired) electrons. The lowest BCUT2D eigenvalue weighted by Crippen LogP contribution is -2.30. The molecule has 0 aliphatic heterocycles. The van der Waals surface area contributed by atoms with Crippen molar-refractivity contribution < 1.29 is 8.78 Å². The van der Waals surface area contributed by atoms with Crippen LogP contribution in [-0.2, 0) is 6.42 Å². The van der Waals surface area contributed by atoms with Gasteiger partial charge in [0.1, 0.15) is 0 Å². The Hall–Kier alpha value is -3.02. The van der Waals surface area contributed by atoms with Crippen LogP contribution in [0.1, 0.15) is 68.7 Å². The largest absolute Gasteiger partial charge is 0.325 e. The third kappa shape index (κ3) is 7.02. The first-order valence-corrected chi connectivity index (χ1v) is 10.8. The van der Waals surface area contributed by atoms with Gasteiger partial charge in [-0.15, -0.1) is 0 Å². The van der Waals surface area contributed by atoms with E-state index in [4.69, 9.17) is 0 Å². The van der Waals surface area contributed by atoms with Crippen LogP contribution in [0.4, 0.5) is 8.78 Å². The van der Waals surface area contributed by atoms with E-state index in [9.17, 15) is 18.4 Å². The fraction of sp³-hybridized carbons (Fsp3) is 0.360. The molecule has 2 N–H and O–H groups in total. The standard InChI is InChI=1S/C17H18F2N2O2.C6H6.C2H6/c18-13-8-4-7-11(14(13)19)9-12-15(10-5-2-1-3-6-10)20-17(23)21-16(12)22;1-2-4-6-5-3-1;1-2/h4,7-8,10H,1-3,5-6,9H2,(H2,20,21,22,23);1-6H;1-2H3. The van der Waals surface area contributed by atoms with Crippen molar-refractivity contribution in [2.24, 2.45) is 0 Å². The quantitative estimate of drug-likeness (QED) is 0.563. The van der Waals surface area contributed by atoms with Gasteiger partial charge >= 0.3 is 5.69 Å². The molecule has 1 aliphatic rings. The van der Waals surface area contributed by atoms with Gasteiger partial charge in [-0.05, 0) is 30.4 Å².